The maximum atomic E-state index is 12.9. The van der Waals surface area contributed by atoms with Gasteiger partial charge in [0.05, 0.1) is 21.9 Å². The topological polar surface area (TPSA) is 78.8 Å². The summed E-state index contributed by atoms with van der Waals surface area (Å²) in [4.78, 5) is 43.2. The van der Waals surface area contributed by atoms with Gasteiger partial charge in [0.15, 0.2) is 5.17 Å². The van der Waals surface area contributed by atoms with E-state index in [1.807, 2.05) is 0 Å². The van der Waals surface area contributed by atoms with Gasteiger partial charge < -0.3 is 5.32 Å². The first-order valence-corrected chi connectivity index (χ1v) is 10.1. The summed E-state index contributed by atoms with van der Waals surface area (Å²) < 4.78 is 0.737. The first-order chi connectivity index (χ1) is 13.3. The minimum absolute atomic E-state index is 0.190. The third-order valence-electron chi connectivity index (χ3n) is 4.11. The summed E-state index contributed by atoms with van der Waals surface area (Å²) >= 11 is 10.3. The predicted molar refractivity (Wildman–Crippen MR) is 114 cm³/mol. The van der Waals surface area contributed by atoms with E-state index in [2.05, 4.69) is 26.2 Å². The van der Waals surface area contributed by atoms with Gasteiger partial charge in [-0.3, -0.25) is 14.4 Å². The van der Waals surface area contributed by atoms with Crippen LogP contribution < -0.4 is 10.2 Å². The van der Waals surface area contributed by atoms with Gasteiger partial charge in [0.2, 0.25) is 5.91 Å². The number of thioether (sulfide) groups is 1. The second-order valence-corrected chi connectivity index (χ2v) is 8.33. The van der Waals surface area contributed by atoms with Crippen LogP contribution in [0.25, 0.3) is 5.57 Å². The SMILES string of the molecule is CC(=O)N1C(=O)/C(=C2\SC(=Nc3ccc(Cl)cc3)NC2=O)c2cc(Br)ccc21. The number of carbonyl (C=O) groups is 3. The molecule has 0 aliphatic carbocycles. The molecule has 2 aromatic rings. The summed E-state index contributed by atoms with van der Waals surface area (Å²) in [6.45, 7) is 1.31. The third-order valence-corrected chi connectivity index (χ3v) is 5.84. The minimum atomic E-state index is -0.522. The zero-order valence-electron chi connectivity index (χ0n) is 14.3. The van der Waals surface area contributed by atoms with Crippen LogP contribution in [0.1, 0.15) is 12.5 Å². The van der Waals surface area contributed by atoms with Crippen molar-refractivity contribution in [1.29, 1.82) is 0 Å². The molecule has 2 aliphatic rings. The Morgan fingerprint density at radius 2 is 1.89 bits per heavy atom. The van der Waals surface area contributed by atoms with Gasteiger partial charge in [0, 0.05) is 22.0 Å². The Labute approximate surface area is 177 Å². The Kier molecular flexibility index (Phi) is 4.86. The molecule has 1 N–H and O–H groups in total. The van der Waals surface area contributed by atoms with E-state index in [0.29, 0.717) is 27.1 Å². The zero-order chi connectivity index (χ0) is 20.0. The van der Waals surface area contributed by atoms with Gasteiger partial charge in [-0.25, -0.2) is 9.89 Å². The Morgan fingerprint density at radius 1 is 1.18 bits per heavy atom. The monoisotopic (exact) mass is 475 g/mol. The van der Waals surface area contributed by atoms with Gasteiger partial charge >= 0.3 is 0 Å². The lowest BCUT2D eigenvalue weighted by Gasteiger charge is -2.11. The van der Waals surface area contributed by atoms with Crippen molar-refractivity contribution in [3.05, 3.63) is 62.4 Å². The molecule has 0 spiro atoms. The molecule has 0 bridgehead atoms. The van der Waals surface area contributed by atoms with Gasteiger partial charge in [-0.05, 0) is 54.2 Å². The third kappa shape index (κ3) is 3.28. The van der Waals surface area contributed by atoms with E-state index < -0.39 is 17.7 Å². The summed E-state index contributed by atoms with van der Waals surface area (Å²) in [6.07, 6.45) is 0. The number of imide groups is 1. The number of nitrogens with zero attached hydrogens (tertiary/aromatic N) is 2. The van der Waals surface area contributed by atoms with Crippen molar-refractivity contribution in [3.8, 4) is 0 Å². The van der Waals surface area contributed by atoms with Gasteiger partial charge in [-0.15, -0.1) is 0 Å². The fraction of sp³-hybridized carbons (Fsp3) is 0.0526. The van der Waals surface area contributed by atoms with Crippen LogP contribution in [0.2, 0.25) is 5.02 Å². The molecule has 9 heteroatoms. The number of halogens is 2. The molecule has 4 rings (SSSR count). The number of anilines is 1. The van der Waals surface area contributed by atoms with Crippen molar-refractivity contribution < 1.29 is 14.4 Å². The first kappa shape index (κ1) is 18.9. The van der Waals surface area contributed by atoms with Crippen molar-refractivity contribution in [3.63, 3.8) is 0 Å². The van der Waals surface area contributed by atoms with Crippen molar-refractivity contribution in [2.45, 2.75) is 6.92 Å². The van der Waals surface area contributed by atoms with Crippen LogP contribution in [0.15, 0.2) is 56.8 Å². The predicted octanol–water partition coefficient (Wildman–Crippen LogP) is 4.26. The normalized spacial score (nSPS) is 20.0. The molecule has 0 radical (unpaired) electrons. The number of amidine groups is 1. The maximum absolute atomic E-state index is 12.9. The van der Waals surface area contributed by atoms with Crippen molar-refractivity contribution in [1.82, 2.24) is 5.32 Å². The van der Waals surface area contributed by atoms with Crippen molar-refractivity contribution in [2.75, 3.05) is 4.90 Å². The fourth-order valence-corrected chi connectivity index (χ4v) is 4.36. The summed E-state index contributed by atoms with van der Waals surface area (Å²) in [6, 6.07) is 12.0. The molecule has 1 saturated heterocycles. The van der Waals surface area contributed by atoms with E-state index in [9.17, 15) is 14.4 Å². The molecule has 2 aliphatic heterocycles. The molecule has 1 fully saturated rings. The number of benzene rings is 2. The van der Waals surface area contributed by atoms with Gasteiger partial charge in [0.25, 0.3) is 11.8 Å². The summed E-state index contributed by atoms with van der Waals surface area (Å²) in [5.74, 6) is -1.37. The Bertz CT molecular complexity index is 1110. The zero-order valence-corrected chi connectivity index (χ0v) is 17.5. The maximum Gasteiger partial charge on any atom is 0.267 e. The average Bonchev–Trinajstić information content (AvgIpc) is 3.12. The first-order valence-electron chi connectivity index (χ1n) is 8.08. The van der Waals surface area contributed by atoms with E-state index in [1.165, 1.54) is 6.92 Å². The van der Waals surface area contributed by atoms with Crippen LogP contribution in [-0.2, 0) is 14.4 Å². The van der Waals surface area contributed by atoms with E-state index in [-0.39, 0.29) is 10.5 Å². The number of aliphatic imine (C=N–C) groups is 1. The van der Waals surface area contributed by atoms with E-state index in [1.54, 1.807) is 42.5 Å². The van der Waals surface area contributed by atoms with Crippen molar-refractivity contribution in [2.24, 2.45) is 4.99 Å². The molecular formula is C19H11BrClN3O3S. The number of fused-ring (bicyclic) bond motifs is 1. The number of amides is 3. The van der Waals surface area contributed by atoms with E-state index in [4.69, 9.17) is 11.6 Å². The Morgan fingerprint density at radius 3 is 2.57 bits per heavy atom. The Balaban J connectivity index is 1.79. The van der Waals surface area contributed by atoms with Gasteiger partial charge in [-0.1, -0.05) is 27.5 Å². The highest BCUT2D eigenvalue weighted by Crippen LogP contribution is 2.44. The lowest BCUT2D eigenvalue weighted by Crippen LogP contribution is -2.31. The minimum Gasteiger partial charge on any atom is -0.300 e. The van der Waals surface area contributed by atoms with Crippen LogP contribution in [0.4, 0.5) is 11.4 Å². The highest BCUT2D eigenvalue weighted by molar-refractivity contribution is 9.10. The van der Waals surface area contributed by atoms with Crippen molar-refractivity contribution >= 4 is 79.1 Å². The quantitative estimate of drug-likeness (QED) is 0.624. The lowest BCUT2D eigenvalue weighted by atomic mass is 10.1. The highest BCUT2D eigenvalue weighted by atomic mass is 79.9. The lowest BCUT2D eigenvalue weighted by molar-refractivity contribution is -0.122. The average molecular weight is 477 g/mol. The number of hydrogen-bond acceptors (Lipinski definition) is 5. The van der Waals surface area contributed by atoms with E-state index in [0.717, 1.165) is 21.1 Å². The summed E-state index contributed by atoms with van der Waals surface area (Å²) in [5.41, 5.74) is 1.79. The molecule has 0 unspecified atom stereocenters. The standard InChI is InChI=1S/C19H11BrClN3O3S/c1-9(25)24-14-7-2-10(20)8-13(14)15(18(24)27)16-17(26)23-19(28-16)22-12-5-3-11(21)4-6-12/h2-8H,1H3,(H,22,23,26)/b16-15-. The molecule has 6 nitrogen and oxygen atoms in total. The Hall–Kier alpha value is -2.42. The molecule has 28 heavy (non-hydrogen) atoms. The number of carbonyl (C=O) groups excluding carboxylic acids is 3. The largest absolute Gasteiger partial charge is 0.300 e. The van der Waals surface area contributed by atoms with E-state index >= 15 is 0 Å². The summed E-state index contributed by atoms with van der Waals surface area (Å²) in [7, 11) is 0. The molecular weight excluding hydrogens is 466 g/mol. The second-order valence-electron chi connectivity index (χ2n) is 5.97. The van der Waals surface area contributed by atoms with Gasteiger partial charge in [-0.2, -0.15) is 0 Å². The molecule has 0 atom stereocenters. The molecule has 3 amide bonds. The molecule has 140 valence electrons. The van der Waals surface area contributed by atoms with Crippen LogP contribution in [0, 0.1) is 0 Å². The van der Waals surface area contributed by atoms with Crippen LogP contribution in [-0.4, -0.2) is 22.9 Å². The smallest absolute Gasteiger partial charge is 0.267 e. The van der Waals surface area contributed by atoms with Crippen LogP contribution in [0.3, 0.4) is 0 Å². The molecule has 2 heterocycles. The van der Waals surface area contributed by atoms with Gasteiger partial charge in [0.1, 0.15) is 0 Å². The highest BCUT2D eigenvalue weighted by Gasteiger charge is 2.41. The second kappa shape index (κ2) is 7.20. The molecule has 0 saturated carbocycles. The number of rotatable bonds is 1. The van der Waals surface area contributed by atoms with Crippen LogP contribution >= 0.6 is 39.3 Å². The summed E-state index contributed by atoms with van der Waals surface area (Å²) in [5, 5.41) is 3.60. The van der Waals surface area contributed by atoms with Crippen LogP contribution in [0.5, 0.6) is 0 Å². The number of hydrogen-bond donors (Lipinski definition) is 1. The number of nitrogens with one attached hydrogen (secondary N) is 1. The molecule has 0 aromatic heterocycles. The fourth-order valence-electron chi connectivity index (χ4n) is 2.94. The molecule has 2 aromatic carbocycles.